The Balaban J connectivity index is 2.72. The Hall–Kier alpha value is -0.840. The molecule has 0 aliphatic heterocycles. The van der Waals surface area contributed by atoms with Crippen LogP contribution in [0, 0.1) is 0 Å². The highest BCUT2D eigenvalue weighted by molar-refractivity contribution is 9.10. The average molecular weight is 192 g/mol. The molecule has 0 atom stereocenters. The minimum absolute atomic E-state index is 0.0804. The van der Waals surface area contributed by atoms with E-state index in [1.807, 2.05) is 0 Å². The van der Waals surface area contributed by atoms with E-state index in [0.717, 1.165) is 0 Å². The second kappa shape index (κ2) is 2.63. The summed E-state index contributed by atoms with van der Waals surface area (Å²) in [6.45, 7) is 0.271. The average Bonchev–Trinajstić information content (AvgIpc) is 2.17. The molecule has 0 saturated heterocycles. The maximum Gasteiger partial charge on any atom is 0.319 e. The van der Waals surface area contributed by atoms with E-state index in [-0.39, 0.29) is 12.4 Å². The molecule has 48 valence electrons. The summed E-state index contributed by atoms with van der Waals surface area (Å²) >= 11 is 3.00. The van der Waals surface area contributed by atoms with E-state index in [4.69, 9.17) is 0 Å². The van der Waals surface area contributed by atoms with Gasteiger partial charge in [0.1, 0.15) is 0 Å². The van der Waals surface area contributed by atoms with Gasteiger partial charge >= 0.3 is 12.4 Å². The number of carbonyl (C=O) groups is 1. The zero-order valence-electron chi connectivity index (χ0n) is 4.20. The summed E-state index contributed by atoms with van der Waals surface area (Å²) in [5, 5.41) is 3.39. The van der Waals surface area contributed by atoms with Crippen LogP contribution in [0.2, 0.25) is 0 Å². The molecule has 1 aromatic heterocycles. The lowest BCUT2D eigenvalue weighted by molar-refractivity contribution is -0.121. The van der Waals surface area contributed by atoms with Gasteiger partial charge in [-0.2, -0.15) is 0 Å². The van der Waals surface area contributed by atoms with Gasteiger partial charge in [-0.15, -0.1) is 0 Å². The fourth-order valence-electron chi connectivity index (χ4n) is 0.341. The largest absolute Gasteiger partial charge is 0.393 e. The van der Waals surface area contributed by atoms with E-state index in [2.05, 4.69) is 30.3 Å². The first kappa shape index (κ1) is 6.28. The molecule has 1 aromatic rings. The molecule has 4 nitrogen and oxygen atoms in total. The first-order chi connectivity index (χ1) is 4.33. The summed E-state index contributed by atoms with van der Waals surface area (Å²) in [4.78, 5) is 9.66. The smallest absolute Gasteiger partial charge is 0.319 e. The lowest BCUT2D eigenvalue weighted by atomic mass is 10.7. The molecule has 0 amide bonds. The maximum atomic E-state index is 9.66. The Labute approximate surface area is 58.9 Å². The molecule has 0 unspecified atom stereocenters. The quantitative estimate of drug-likeness (QED) is 0.655. The number of halogens is 1. The van der Waals surface area contributed by atoms with Crippen LogP contribution in [-0.2, 0) is 4.79 Å². The molecule has 0 N–H and O–H groups in total. The van der Waals surface area contributed by atoms with E-state index >= 15 is 0 Å². The normalized spacial score (nSPS) is 9.00. The van der Waals surface area contributed by atoms with Gasteiger partial charge in [0, 0.05) is 0 Å². The lowest BCUT2D eigenvalue weighted by Gasteiger charge is -1.81. The highest BCUT2D eigenvalue weighted by atomic mass is 79.9. The first-order valence-electron chi connectivity index (χ1n) is 2.05. The molecular weight excluding hydrogens is 190 g/mol. The first-order valence-corrected chi connectivity index (χ1v) is 2.85. The highest BCUT2D eigenvalue weighted by Crippen LogP contribution is 2.15. The second-order valence-electron chi connectivity index (χ2n) is 1.18. The number of ether oxygens (including phenoxy) is 1. The predicted octanol–water partition coefficient (Wildman–Crippen LogP) is 0.972. The highest BCUT2D eigenvalue weighted by Gasteiger charge is 1.99. The van der Waals surface area contributed by atoms with Crippen molar-refractivity contribution in [3.8, 4) is 5.95 Å². The standard InChI is InChI=1S/C4H2BrNO3/c5-3-1-4(8-2-7)9-6-3/h1-2H. The second-order valence-corrected chi connectivity index (χ2v) is 2.00. The van der Waals surface area contributed by atoms with E-state index in [0.29, 0.717) is 4.60 Å². The van der Waals surface area contributed by atoms with Crippen LogP contribution in [-0.4, -0.2) is 11.6 Å². The van der Waals surface area contributed by atoms with Gasteiger partial charge in [0.2, 0.25) is 0 Å². The van der Waals surface area contributed by atoms with Gasteiger partial charge in [-0.3, -0.25) is 4.79 Å². The number of carbonyl (C=O) groups excluding carboxylic acids is 1. The molecule has 0 spiro atoms. The molecule has 9 heavy (non-hydrogen) atoms. The van der Waals surface area contributed by atoms with Crippen molar-refractivity contribution >= 4 is 22.4 Å². The molecule has 5 heteroatoms. The van der Waals surface area contributed by atoms with E-state index in [9.17, 15) is 4.79 Å². The summed E-state index contributed by atoms with van der Waals surface area (Å²) in [5.74, 6) is 0.0804. The molecule has 0 aromatic carbocycles. The van der Waals surface area contributed by atoms with Gasteiger partial charge in [0.05, 0.1) is 6.07 Å². The maximum absolute atomic E-state index is 9.66. The molecule has 0 bridgehead atoms. The van der Waals surface area contributed by atoms with Crippen molar-refractivity contribution in [1.29, 1.82) is 0 Å². The van der Waals surface area contributed by atoms with Crippen LogP contribution < -0.4 is 4.74 Å². The topological polar surface area (TPSA) is 52.3 Å². The van der Waals surface area contributed by atoms with Gasteiger partial charge < -0.3 is 9.26 Å². The number of nitrogens with zero attached hydrogens (tertiary/aromatic N) is 1. The summed E-state index contributed by atoms with van der Waals surface area (Å²) in [5.41, 5.74) is 0. The van der Waals surface area contributed by atoms with Crippen LogP contribution in [0.25, 0.3) is 0 Å². The van der Waals surface area contributed by atoms with Crippen molar-refractivity contribution in [2.75, 3.05) is 0 Å². The Morgan fingerprint density at radius 1 is 1.89 bits per heavy atom. The van der Waals surface area contributed by atoms with E-state index in [1.54, 1.807) is 0 Å². The number of hydrogen-bond donors (Lipinski definition) is 0. The number of aromatic nitrogens is 1. The van der Waals surface area contributed by atoms with Crippen LogP contribution in [0.15, 0.2) is 15.2 Å². The zero-order chi connectivity index (χ0) is 6.69. The fraction of sp³-hybridized carbons (Fsp3) is 0. The molecular formula is C4H2BrNO3. The van der Waals surface area contributed by atoms with Crippen molar-refractivity contribution in [2.24, 2.45) is 0 Å². The van der Waals surface area contributed by atoms with Crippen LogP contribution >= 0.6 is 15.9 Å². The Kier molecular flexibility index (Phi) is 1.84. The summed E-state index contributed by atoms with van der Waals surface area (Å²) in [6.07, 6.45) is 0. The summed E-state index contributed by atoms with van der Waals surface area (Å²) in [6, 6.07) is 1.44. The van der Waals surface area contributed by atoms with Gasteiger partial charge in [0.15, 0.2) is 4.60 Å². The molecule has 1 heterocycles. The van der Waals surface area contributed by atoms with Crippen molar-refractivity contribution in [2.45, 2.75) is 0 Å². The van der Waals surface area contributed by atoms with Crippen LogP contribution in [0.4, 0.5) is 0 Å². The summed E-state index contributed by atoms with van der Waals surface area (Å²) in [7, 11) is 0. The van der Waals surface area contributed by atoms with Crippen molar-refractivity contribution in [3.63, 3.8) is 0 Å². The zero-order valence-corrected chi connectivity index (χ0v) is 5.79. The molecule has 0 saturated carbocycles. The van der Waals surface area contributed by atoms with Crippen LogP contribution in [0.3, 0.4) is 0 Å². The van der Waals surface area contributed by atoms with Gasteiger partial charge in [-0.25, -0.2) is 0 Å². The van der Waals surface area contributed by atoms with Crippen LogP contribution in [0.1, 0.15) is 0 Å². The van der Waals surface area contributed by atoms with Crippen molar-refractivity contribution in [3.05, 3.63) is 10.7 Å². The third-order valence-corrected chi connectivity index (χ3v) is 0.998. The minimum Gasteiger partial charge on any atom is -0.393 e. The third kappa shape index (κ3) is 1.53. The van der Waals surface area contributed by atoms with Crippen LogP contribution in [0.5, 0.6) is 5.95 Å². The van der Waals surface area contributed by atoms with E-state index in [1.165, 1.54) is 6.07 Å². The van der Waals surface area contributed by atoms with Crippen molar-refractivity contribution in [1.82, 2.24) is 5.16 Å². The van der Waals surface area contributed by atoms with E-state index < -0.39 is 0 Å². The Bertz CT molecular complexity index is 209. The fourth-order valence-corrected chi connectivity index (χ4v) is 0.601. The van der Waals surface area contributed by atoms with Gasteiger partial charge in [0.25, 0.3) is 0 Å². The molecule has 1 rings (SSSR count). The predicted molar refractivity (Wildman–Crippen MR) is 30.9 cm³/mol. The Morgan fingerprint density at radius 2 is 2.67 bits per heavy atom. The number of hydrogen-bond acceptors (Lipinski definition) is 4. The van der Waals surface area contributed by atoms with Crippen molar-refractivity contribution < 1.29 is 14.1 Å². The minimum atomic E-state index is 0.0804. The monoisotopic (exact) mass is 191 g/mol. The lowest BCUT2D eigenvalue weighted by Crippen LogP contribution is -1.84. The van der Waals surface area contributed by atoms with Gasteiger partial charge in [-0.05, 0) is 15.9 Å². The SMILES string of the molecule is O=COc1cc(Br)no1. The third-order valence-electron chi connectivity index (χ3n) is 0.624. The molecule has 0 radical (unpaired) electrons. The molecule has 0 aliphatic rings. The molecule has 0 aliphatic carbocycles. The summed E-state index contributed by atoms with van der Waals surface area (Å²) < 4.78 is 9.24. The number of rotatable bonds is 2. The Morgan fingerprint density at radius 3 is 3.11 bits per heavy atom. The molecule has 0 fully saturated rings. The van der Waals surface area contributed by atoms with Gasteiger partial charge in [-0.1, -0.05) is 5.16 Å².